The van der Waals surface area contributed by atoms with Crippen molar-refractivity contribution < 1.29 is 39.1 Å². The third kappa shape index (κ3) is 8.54. The maximum Gasteiger partial charge on any atom is 0.247 e. The predicted molar refractivity (Wildman–Crippen MR) is 146 cm³/mol. The second-order valence-corrected chi connectivity index (χ2v) is 10.2. The first-order valence-electron chi connectivity index (χ1n) is 12.5. The minimum absolute atomic E-state index is 0.0757. The van der Waals surface area contributed by atoms with E-state index in [9.17, 15) is 19.8 Å². The molecule has 0 saturated carbocycles. The van der Waals surface area contributed by atoms with Gasteiger partial charge in [0.05, 0.1) is 29.9 Å². The first-order chi connectivity index (χ1) is 17.7. The molecule has 2 rings (SSSR count). The van der Waals surface area contributed by atoms with Crippen molar-refractivity contribution in [3.63, 3.8) is 0 Å². The lowest BCUT2D eigenvalue weighted by Gasteiger charge is -2.41. The molecule has 0 fully saturated rings. The van der Waals surface area contributed by atoms with Crippen molar-refractivity contribution in [2.24, 2.45) is 5.92 Å². The smallest absolute Gasteiger partial charge is 0.247 e. The Balaban J connectivity index is 2.47. The molecule has 208 valence electrons. The Morgan fingerprint density at radius 3 is 2.59 bits per heavy atom. The summed E-state index contributed by atoms with van der Waals surface area (Å²) >= 11 is 2.06. The second kappa shape index (κ2) is 15.5. The molecule has 0 saturated heterocycles. The van der Waals surface area contributed by atoms with Crippen LogP contribution in [-0.2, 0) is 20.9 Å². The maximum absolute atomic E-state index is 13.2. The minimum atomic E-state index is -1.14. The molecule has 0 unspecified atom stereocenters. The first kappa shape index (κ1) is 31.3. The molecule has 0 spiro atoms. The number of carbonyl (C=O) groups excluding carboxylic acids is 2. The van der Waals surface area contributed by atoms with Crippen LogP contribution in [0.3, 0.4) is 0 Å². The predicted octanol–water partition coefficient (Wildman–Crippen LogP) is 1.62. The number of aliphatic hydroxyl groups excluding tert-OH is 3. The van der Waals surface area contributed by atoms with Crippen LogP contribution in [0, 0.1) is 9.49 Å². The first-order valence-corrected chi connectivity index (χ1v) is 13.6. The fourth-order valence-electron chi connectivity index (χ4n) is 4.15. The quantitative estimate of drug-likeness (QED) is 0.179. The normalized spacial score (nSPS) is 19.4. The molecule has 0 heterocycles. The number of rotatable bonds is 14. The van der Waals surface area contributed by atoms with E-state index in [0.29, 0.717) is 52.4 Å². The average molecular weight is 635 g/mol. The van der Waals surface area contributed by atoms with Gasteiger partial charge in [-0.2, -0.15) is 0 Å². The summed E-state index contributed by atoms with van der Waals surface area (Å²) < 4.78 is 17.8. The van der Waals surface area contributed by atoms with E-state index in [0.717, 1.165) is 0 Å². The van der Waals surface area contributed by atoms with Crippen molar-refractivity contribution in [1.29, 1.82) is 0 Å². The van der Waals surface area contributed by atoms with Crippen LogP contribution in [0.5, 0.6) is 11.5 Å². The molecule has 10 nitrogen and oxygen atoms in total. The van der Waals surface area contributed by atoms with Crippen LogP contribution in [0.15, 0.2) is 23.8 Å². The van der Waals surface area contributed by atoms with Crippen molar-refractivity contribution in [3.05, 3.63) is 32.9 Å². The Morgan fingerprint density at radius 1 is 1.27 bits per heavy atom. The van der Waals surface area contributed by atoms with E-state index in [2.05, 4.69) is 27.9 Å². The van der Waals surface area contributed by atoms with E-state index in [1.54, 1.807) is 37.0 Å². The van der Waals surface area contributed by atoms with Crippen molar-refractivity contribution in [2.45, 2.75) is 58.5 Å². The zero-order valence-electron chi connectivity index (χ0n) is 21.9. The van der Waals surface area contributed by atoms with Gasteiger partial charge in [0, 0.05) is 44.2 Å². The Kier molecular flexibility index (Phi) is 13.1. The summed E-state index contributed by atoms with van der Waals surface area (Å²) in [6.07, 6.45) is 0.156. The number of ether oxygens (including phenoxy) is 3. The maximum atomic E-state index is 13.2. The van der Waals surface area contributed by atoms with Gasteiger partial charge in [-0.25, -0.2) is 0 Å². The molecule has 0 bridgehead atoms. The molecule has 1 aromatic carbocycles. The van der Waals surface area contributed by atoms with E-state index in [4.69, 9.17) is 19.3 Å². The lowest BCUT2D eigenvalue weighted by atomic mass is 9.87. The number of hydrogen-bond acceptors (Lipinski definition) is 8. The molecule has 4 N–H and O–H groups in total. The summed E-state index contributed by atoms with van der Waals surface area (Å²) in [6, 6.07) is 2.67. The second-order valence-electron chi connectivity index (χ2n) is 9.02. The summed E-state index contributed by atoms with van der Waals surface area (Å²) in [4.78, 5) is 27.7. The number of carbonyl (C=O) groups is 2. The van der Waals surface area contributed by atoms with Gasteiger partial charge in [0.1, 0.15) is 12.2 Å². The van der Waals surface area contributed by atoms with Crippen molar-refractivity contribution in [2.75, 3.05) is 40.0 Å². The van der Waals surface area contributed by atoms with Crippen LogP contribution >= 0.6 is 22.6 Å². The SMILES string of the molecule is CCOCCCN(C(=O)C(C)C)[C@@H]1CC(C(=O)NCCO)=C[C@H](Oc2c(I)cc(CO)cc2OC)[C@H]1O. The number of hydrogen-bond donors (Lipinski definition) is 4. The topological polar surface area (TPSA) is 138 Å². The zero-order valence-corrected chi connectivity index (χ0v) is 24.1. The third-order valence-corrected chi connectivity index (χ3v) is 6.81. The number of nitrogens with one attached hydrogen (secondary N) is 1. The highest BCUT2D eigenvalue weighted by molar-refractivity contribution is 14.1. The van der Waals surface area contributed by atoms with Crippen molar-refractivity contribution >= 4 is 34.4 Å². The monoisotopic (exact) mass is 634 g/mol. The number of methoxy groups -OCH3 is 1. The lowest BCUT2D eigenvalue weighted by Crippen LogP contribution is -2.56. The van der Waals surface area contributed by atoms with Gasteiger partial charge < -0.3 is 39.7 Å². The largest absolute Gasteiger partial charge is 0.493 e. The van der Waals surface area contributed by atoms with Gasteiger partial charge in [-0.1, -0.05) is 13.8 Å². The molecule has 0 radical (unpaired) electrons. The Labute approximate surface area is 232 Å². The van der Waals surface area contributed by atoms with Gasteiger partial charge in [-0.15, -0.1) is 0 Å². The zero-order chi connectivity index (χ0) is 27.5. The molecule has 1 aromatic rings. The minimum Gasteiger partial charge on any atom is -0.493 e. The van der Waals surface area contributed by atoms with Gasteiger partial charge in [0.25, 0.3) is 0 Å². The highest BCUT2D eigenvalue weighted by atomic mass is 127. The molecular formula is C26H39IN2O8. The summed E-state index contributed by atoms with van der Waals surface area (Å²) in [5.74, 6) is -0.131. The van der Waals surface area contributed by atoms with Crippen LogP contribution in [0.2, 0.25) is 0 Å². The summed E-state index contributed by atoms with van der Waals surface area (Å²) in [7, 11) is 1.48. The number of amides is 2. The fraction of sp³-hybridized carbons (Fsp3) is 0.615. The van der Waals surface area contributed by atoms with Gasteiger partial charge >= 0.3 is 0 Å². The van der Waals surface area contributed by atoms with Crippen LogP contribution in [0.4, 0.5) is 0 Å². The molecule has 11 heteroatoms. The lowest BCUT2D eigenvalue weighted by molar-refractivity contribution is -0.142. The van der Waals surface area contributed by atoms with Crippen LogP contribution in [0.1, 0.15) is 39.2 Å². The molecule has 1 aliphatic carbocycles. The number of benzene rings is 1. The van der Waals surface area contributed by atoms with E-state index in [-0.39, 0.29) is 38.0 Å². The average Bonchev–Trinajstić information content (AvgIpc) is 2.89. The van der Waals surface area contributed by atoms with Crippen molar-refractivity contribution in [3.8, 4) is 11.5 Å². The Morgan fingerprint density at radius 2 is 2.00 bits per heavy atom. The molecule has 0 aromatic heterocycles. The van der Waals surface area contributed by atoms with Crippen LogP contribution < -0.4 is 14.8 Å². The summed E-state index contributed by atoms with van der Waals surface area (Å²) in [5.41, 5.74) is 0.986. The molecular weight excluding hydrogens is 595 g/mol. The molecule has 2 amide bonds. The van der Waals surface area contributed by atoms with Gasteiger partial charge in [0.15, 0.2) is 11.5 Å². The van der Waals surface area contributed by atoms with Crippen molar-refractivity contribution in [1.82, 2.24) is 10.2 Å². The molecule has 1 aliphatic rings. The van der Waals surface area contributed by atoms with Gasteiger partial charge in [-0.05, 0) is 59.7 Å². The third-order valence-electron chi connectivity index (χ3n) is 6.01. The highest BCUT2D eigenvalue weighted by Crippen LogP contribution is 2.37. The highest BCUT2D eigenvalue weighted by Gasteiger charge is 2.41. The van der Waals surface area contributed by atoms with Crippen LogP contribution in [0.25, 0.3) is 0 Å². The molecule has 3 atom stereocenters. The standard InChI is InChI=1S/C26H39IN2O8/c1-5-36-10-6-8-29(26(34)16(2)3)20-13-18(25(33)28-7-9-30)14-21(23(20)32)37-24-19(27)11-17(15-31)12-22(24)35-4/h11-12,14,16,20-21,23,30-32H,5-10,13,15H2,1-4H3,(H,28,33)/t20-,21+,23+/m1/s1. The summed E-state index contributed by atoms with van der Waals surface area (Å²) in [6.45, 7) is 6.55. The van der Waals surface area contributed by atoms with Gasteiger partial charge in [0.2, 0.25) is 11.8 Å². The number of aliphatic hydroxyl groups is 3. The van der Waals surface area contributed by atoms with Gasteiger partial charge in [-0.3, -0.25) is 9.59 Å². The van der Waals surface area contributed by atoms with E-state index >= 15 is 0 Å². The van der Waals surface area contributed by atoms with E-state index in [1.807, 2.05) is 6.92 Å². The fourth-order valence-corrected chi connectivity index (χ4v) is 4.94. The summed E-state index contributed by atoms with van der Waals surface area (Å²) in [5, 5.41) is 32.8. The molecule has 0 aliphatic heterocycles. The number of nitrogens with zero attached hydrogens (tertiary/aromatic N) is 1. The Bertz CT molecular complexity index is 939. The van der Waals surface area contributed by atoms with E-state index in [1.165, 1.54) is 7.11 Å². The van der Waals surface area contributed by atoms with Crippen LogP contribution in [-0.4, -0.2) is 90.3 Å². The Hall–Kier alpha value is -1.93. The van der Waals surface area contributed by atoms with E-state index < -0.39 is 24.2 Å². The molecule has 37 heavy (non-hydrogen) atoms. The number of halogens is 1.